The second-order valence-corrected chi connectivity index (χ2v) is 4.99. The molecule has 4 heteroatoms. The van der Waals surface area contributed by atoms with E-state index in [2.05, 4.69) is 0 Å². The molecule has 0 heterocycles. The highest BCUT2D eigenvalue weighted by Gasteiger charge is 2.20. The molecule has 2 aromatic rings. The van der Waals surface area contributed by atoms with Gasteiger partial charge in [0.05, 0.1) is 13.0 Å². The molecule has 2 aromatic carbocycles. The highest BCUT2D eigenvalue weighted by molar-refractivity contribution is 6.09. The summed E-state index contributed by atoms with van der Waals surface area (Å²) < 4.78 is 4.80. The van der Waals surface area contributed by atoms with Crippen molar-refractivity contribution in [2.75, 3.05) is 7.11 Å². The molecule has 0 amide bonds. The van der Waals surface area contributed by atoms with E-state index in [0.29, 0.717) is 17.5 Å². The molecule has 0 aliphatic rings. The molecular formula is C18H18O4. The lowest BCUT2D eigenvalue weighted by Crippen LogP contribution is -2.14. The number of aromatic hydroxyl groups is 1. The topological polar surface area (TPSA) is 63.6 Å². The quantitative estimate of drug-likeness (QED) is 0.679. The molecule has 0 saturated heterocycles. The van der Waals surface area contributed by atoms with Gasteiger partial charge in [-0.2, -0.15) is 0 Å². The van der Waals surface area contributed by atoms with Gasteiger partial charge >= 0.3 is 5.97 Å². The Morgan fingerprint density at radius 2 is 1.77 bits per heavy atom. The van der Waals surface area contributed by atoms with Gasteiger partial charge in [-0.05, 0) is 42.3 Å². The highest BCUT2D eigenvalue weighted by Crippen LogP contribution is 2.23. The molecule has 114 valence electrons. The third-order valence-electron chi connectivity index (χ3n) is 3.57. The Hall–Kier alpha value is -2.62. The monoisotopic (exact) mass is 298 g/mol. The molecule has 22 heavy (non-hydrogen) atoms. The normalized spacial score (nSPS) is 11.7. The Labute approximate surface area is 129 Å². The molecule has 0 fully saturated rings. The summed E-state index contributed by atoms with van der Waals surface area (Å²) in [5.74, 6) is -0.724. The first kappa shape index (κ1) is 15.8. The first-order valence-electron chi connectivity index (χ1n) is 7.08. The van der Waals surface area contributed by atoms with E-state index in [1.165, 1.54) is 19.2 Å². The molecule has 1 atom stereocenters. The molecule has 4 nitrogen and oxygen atoms in total. The molecular weight excluding hydrogens is 280 g/mol. The summed E-state index contributed by atoms with van der Waals surface area (Å²) in [6.07, 6.45) is 0.601. The summed E-state index contributed by atoms with van der Waals surface area (Å²) in [6, 6.07) is 13.1. The number of ether oxygens (including phenoxy) is 1. The van der Waals surface area contributed by atoms with Crippen LogP contribution >= 0.6 is 0 Å². The third kappa shape index (κ3) is 3.34. The average Bonchev–Trinajstić information content (AvgIpc) is 2.55. The van der Waals surface area contributed by atoms with E-state index in [-0.39, 0.29) is 23.4 Å². The number of esters is 1. The van der Waals surface area contributed by atoms with E-state index in [4.69, 9.17) is 4.74 Å². The number of phenols is 1. The van der Waals surface area contributed by atoms with Crippen LogP contribution in [0.5, 0.6) is 5.75 Å². The van der Waals surface area contributed by atoms with Crippen LogP contribution in [-0.4, -0.2) is 24.0 Å². The van der Waals surface area contributed by atoms with E-state index in [1.54, 1.807) is 30.3 Å². The third-order valence-corrected chi connectivity index (χ3v) is 3.57. The number of rotatable bonds is 5. The zero-order valence-corrected chi connectivity index (χ0v) is 12.6. The molecule has 0 radical (unpaired) electrons. The van der Waals surface area contributed by atoms with E-state index in [0.717, 1.165) is 5.56 Å². The van der Waals surface area contributed by atoms with Crippen molar-refractivity contribution in [2.24, 2.45) is 0 Å². The minimum Gasteiger partial charge on any atom is -0.508 e. The maximum absolute atomic E-state index is 12.5. The zero-order chi connectivity index (χ0) is 16.1. The summed E-state index contributed by atoms with van der Waals surface area (Å²) >= 11 is 0. The van der Waals surface area contributed by atoms with Crippen molar-refractivity contribution in [2.45, 2.75) is 19.3 Å². The Morgan fingerprint density at radius 1 is 1.09 bits per heavy atom. The summed E-state index contributed by atoms with van der Waals surface area (Å²) in [7, 11) is 1.36. The van der Waals surface area contributed by atoms with Crippen molar-refractivity contribution < 1.29 is 19.4 Å². The van der Waals surface area contributed by atoms with Gasteiger partial charge in [0.15, 0.2) is 5.78 Å². The van der Waals surface area contributed by atoms with Crippen LogP contribution in [0.1, 0.15) is 40.7 Å². The van der Waals surface area contributed by atoms with Crippen molar-refractivity contribution in [1.29, 1.82) is 0 Å². The predicted octanol–water partition coefficient (Wildman–Crippen LogP) is 3.29. The number of hydrogen-bond donors (Lipinski definition) is 1. The molecule has 0 bridgehead atoms. The molecule has 0 aliphatic carbocycles. The summed E-state index contributed by atoms with van der Waals surface area (Å²) in [6.45, 7) is 1.90. The van der Waals surface area contributed by atoms with Crippen molar-refractivity contribution in [3.05, 3.63) is 65.2 Å². The maximum atomic E-state index is 12.5. The minimum atomic E-state index is -0.377. The maximum Gasteiger partial charge on any atom is 0.313 e. The van der Waals surface area contributed by atoms with E-state index < -0.39 is 0 Å². The summed E-state index contributed by atoms with van der Waals surface area (Å²) in [5, 5.41) is 9.28. The fourth-order valence-corrected chi connectivity index (χ4v) is 2.36. The molecule has 1 N–H and O–H groups in total. The van der Waals surface area contributed by atoms with E-state index in [1.807, 2.05) is 13.0 Å². The van der Waals surface area contributed by atoms with Crippen molar-refractivity contribution in [3.63, 3.8) is 0 Å². The Kier molecular flexibility index (Phi) is 4.94. The summed E-state index contributed by atoms with van der Waals surface area (Å²) in [4.78, 5) is 24.3. The van der Waals surface area contributed by atoms with E-state index in [9.17, 15) is 14.7 Å². The Morgan fingerprint density at radius 3 is 2.36 bits per heavy atom. The molecule has 0 saturated carbocycles. The van der Waals surface area contributed by atoms with Crippen LogP contribution in [-0.2, 0) is 9.53 Å². The first-order valence-corrected chi connectivity index (χ1v) is 7.08. The second-order valence-electron chi connectivity index (χ2n) is 4.99. The average molecular weight is 298 g/mol. The number of ketones is 1. The van der Waals surface area contributed by atoms with Crippen LogP contribution in [0.4, 0.5) is 0 Å². The predicted molar refractivity (Wildman–Crippen MR) is 83.0 cm³/mol. The lowest BCUT2D eigenvalue weighted by Gasteiger charge is -2.13. The van der Waals surface area contributed by atoms with Crippen LogP contribution in [0.3, 0.4) is 0 Å². The van der Waals surface area contributed by atoms with Crippen LogP contribution in [0.25, 0.3) is 0 Å². The van der Waals surface area contributed by atoms with Gasteiger partial charge in [-0.15, -0.1) is 0 Å². The standard InChI is InChI=1S/C18H18O4/c1-3-16(18(21)22-2)13-5-4-6-14(11-13)17(20)12-7-9-15(19)10-8-12/h4-11,16,19H,3H2,1-2H3. The molecule has 0 aliphatic heterocycles. The number of carbonyl (C=O) groups is 2. The zero-order valence-electron chi connectivity index (χ0n) is 12.6. The lowest BCUT2D eigenvalue weighted by molar-refractivity contribution is -0.142. The van der Waals surface area contributed by atoms with Gasteiger partial charge in [0.25, 0.3) is 0 Å². The Bertz CT molecular complexity index is 674. The second kappa shape index (κ2) is 6.89. The van der Waals surface area contributed by atoms with Gasteiger partial charge < -0.3 is 9.84 Å². The first-order chi connectivity index (χ1) is 10.6. The lowest BCUT2D eigenvalue weighted by atomic mass is 9.93. The van der Waals surface area contributed by atoms with Crippen LogP contribution in [0, 0.1) is 0 Å². The number of hydrogen-bond acceptors (Lipinski definition) is 4. The van der Waals surface area contributed by atoms with Crippen molar-refractivity contribution in [1.82, 2.24) is 0 Å². The number of methoxy groups -OCH3 is 1. The largest absolute Gasteiger partial charge is 0.508 e. The van der Waals surface area contributed by atoms with Gasteiger partial charge in [-0.1, -0.05) is 25.1 Å². The van der Waals surface area contributed by atoms with Crippen molar-refractivity contribution in [3.8, 4) is 5.75 Å². The number of phenolic OH excluding ortho intramolecular Hbond substituents is 1. The van der Waals surface area contributed by atoms with Crippen molar-refractivity contribution >= 4 is 11.8 Å². The van der Waals surface area contributed by atoms with E-state index >= 15 is 0 Å². The summed E-state index contributed by atoms with van der Waals surface area (Å²) in [5.41, 5.74) is 1.76. The highest BCUT2D eigenvalue weighted by atomic mass is 16.5. The smallest absolute Gasteiger partial charge is 0.313 e. The van der Waals surface area contributed by atoms with Gasteiger partial charge in [0.1, 0.15) is 5.75 Å². The fraction of sp³-hybridized carbons (Fsp3) is 0.222. The van der Waals surface area contributed by atoms with Gasteiger partial charge in [0.2, 0.25) is 0 Å². The fourth-order valence-electron chi connectivity index (χ4n) is 2.36. The molecule has 0 aromatic heterocycles. The number of benzene rings is 2. The SMILES string of the molecule is CCC(C(=O)OC)c1cccc(C(=O)c2ccc(O)cc2)c1. The van der Waals surface area contributed by atoms with Crippen LogP contribution < -0.4 is 0 Å². The molecule has 0 spiro atoms. The molecule has 2 rings (SSSR count). The van der Waals surface area contributed by atoms with Gasteiger partial charge in [0, 0.05) is 11.1 Å². The Balaban J connectivity index is 2.33. The minimum absolute atomic E-state index is 0.113. The molecule has 1 unspecified atom stereocenters. The van der Waals surface area contributed by atoms with Gasteiger partial charge in [-0.25, -0.2) is 0 Å². The van der Waals surface area contributed by atoms with Crippen LogP contribution in [0.15, 0.2) is 48.5 Å². The van der Waals surface area contributed by atoms with Gasteiger partial charge in [-0.3, -0.25) is 9.59 Å². The van der Waals surface area contributed by atoms with Crippen LogP contribution in [0.2, 0.25) is 0 Å². The number of carbonyl (C=O) groups excluding carboxylic acids is 2.